The van der Waals surface area contributed by atoms with Crippen molar-refractivity contribution in [3.05, 3.63) is 77.9 Å². The number of hydrogen-bond acceptors (Lipinski definition) is 6. The van der Waals surface area contributed by atoms with Crippen LogP contribution in [-0.4, -0.2) is 41.9 Å². The molecule has 0 bridgehead atoms. The molecule has 0 spiro atoms. The van der Waals surface area contributed by atoms with Crippen molar-refractivity contribution in [3.63, 3.8) is 0 Å². The molecular weight excluding hydrogens is 464 g/mol. The van der Waals surface area contributed by atoms with Gasteiger partial charge in [-0.2, -0.15) is 4.31 Å². The minimum absolute atomic E-state index is 0.0196. The summed E-state index contributed by atoms with van der Waals surface area (Å²) in [6, 6.07) is 17.8. The number of nitrogens with zero attached hydrogens (tertiary/aromatic N) is 1. The van der Waals surface area contributed by atoms with Crippen molar-refractivity contribution < 1.29 is 26.3 Å². The Morgan fingerprint density at radius 1 is 0.788 bits per heavy atom. The van der Waals surface area contributed by atoms with Crippen molar-refractivity contribution in [1.82, 2.24) is 4.31 Å². The van der Waals surface area contributed by atoms with Gasteiger partial charge in [-0.15, -0.1) is 0 Å². The lowest BCUT2D eigenvalue weighted by molar-refractivity contribution is 0.354. The highest BCUT2D eigenvalue weighted by atomic mass is 32.2. The zero-order valence-corrected chi connectivity index (χ0v) is 19.8. The Morgan fingerprint density at radius 3 is 2.21 bits per heavy atom. The molecule has 0 unspecified atom stereocenters. The fourth-order valence-corrected chi connectivity index (χ4v) is 6.24. The van der Waals surface area contributed by atoms with E-state index in [0.717, 1.165) is 11.1 Å². The van der Waals surface area contributed by atoms with E-state index in [9.17, 15) is 16.8 Å². The molecule has 0 atom stereocenters. The van der Waals surface area contributed by atoms with Gasteiger partial charge >= 0.3 is 0 Å². The van der Waals surface area contributed by atoms with E-state index >= 15 is 0 Å². The molecule has 4 rings (SSSR count). The third-order valence-corrected chi connectivity index (χ3v) is 8.72. The van der Waals surface area contributed by atoms with E-state index < -0.39 is 20.0 Å². The maximum absolute atomic E-state index is 13.0. The number of nitrogens with one attached hydrogen (secondary N) is 1. The molecule has 0 saturated heterocycles. The zero-order chi connectivity index (χ0) is 23.6. The van der Waals surface area contributed by atoms with Gasteiger partial charge in [-0.3, -0.25) is 4.72 Å². The van der Waals surface area contributed by atoms with Crippen LogP contribution in [0.15, 0.2) is 76.5 Å². The maximum atomic E-state index is 13.0. The fourth-order valence-electron chi connectivity index (χ4n) is 3.74. The molecule has 0 radical (unpaired) electrons. The van der Waals surface area contributed by atoms with E-state index in [2.05, 4.69) is 4.72 Å². The van der Waals surface area contributed by atoms with E-state index in [4.69, 9.17) is 9.47 Å². The standard InChI is InChI=1S/C23H24N2O6S2/c1-30-22-11-10-21(15-23(22)31-2)32(26,27)24-19-9-8-17-12-13-25(16-18(17)14-19)33(28,29)20-6-4-3-5-7-20/h3-11,14-15,24H,12-13,16H2,1-2H3. The van der Waals surface area contributed by atoms with E-state index in [1.807, 2.05) is 6.07 Å². The highest BCUT2D eigenvalue weighted by molar-refractivity contribution is 7.92. The number of benzene rings is 3. The molecule has 0 aliphatic carbocycles. The highest BCUT2D eigenvalue weighted by Gasteiger charge is 2.28. The normalized spacial score (nSPS) is 14.4. The van der Waals surface area contributed by atoms with Gasteiger partial charge in [0, 0.05) is 24.8 Å². The SMILES string of the molecule is COc1ccc(S(=O)(=O)Nc2ccc3c(c2)CN(S(=O)(=O)c2ccccc2)CC3)cc1OC. The van der Waals surface area contributed by atoms with Crippen molar-refractivity contribution in [2.75, 3.05) is 25.5 Å². The Kier molecular flexibility index (Phi) is 6.33. The lowest BCUT2D eigenvalue weighted by Crippen LogP contribution is -2.36. The summed E-state index contributed by atoms with van der Waals surface area (Å²) in [4.78, 5) is 0.255. The molecule has 8 nitrogen and oxygen atoms in total. The van der Waals surface area contributed by atoms with Gasteiger partial charge in [-0.1, -0.05) is 24.3 Å². The monoisotopic (exact) mass is 488 g/mol. The summed E-state index contributed by atoms with van der Waals surface area (Å²) in [6.45, 7) is 0.527. The third-order valence-electron chi connectivity index (χ3n) is 5.48. The Bertz CT molecular complexity index is 1370. The quantitative estimate of drug-likeness (QED) is 0.548. The topological polar surface area (TPSA) is 102 Å². The molecule has 1 aliphatic rings. The first-order chi connectivity index (χ1) is 15.7. The number of rotatable bonds is 7. The second-order valence-corrected chi connectivity index (χ2v) is 11.1. The van der Waals surface area contributed by atoms with Gasteiger partial charge < -0.3 is 9.47 Å². The van der Waals surface area contributed by atoms with Crippen LogP contribution in [0.25, 0.3) is 0 Å². The highest BCUT2D eigenvalue weighted by Crippen LogP contribution is 2.31. The fraction of sp³-hybridized carbons (Fsp3) is 0.217. The van der Waals surface area contributed by atoms with Gasteiger partial charge in [0.05, 0.1) is 24.0 Å². The Morgan fingerprint density at radius 2 is 1.52 bits per heavy atom. The zero-order valence-electron chi connectivity index (χ0n) is 18.2. The van der Waals surface area contributed by atoms with E-state index in [1.54, 1.807) is 42.5 Å². The molecule has 0 aromatic heterocycles. The van der Waals surface area contributed by atoms with Crippen molar-refractivity contribution in [1.29, 1.82) is 0 Å². The summed E-state index contributed by atoms with van der Waals surface area (Å²) in [5, 5.41) is 0. The van der Waals surface area contributed by atoms with E-state index in [0.29, 0.717) is 30.2 Å². The molecule has 3 aromatic carbocycles. The number of anilines is 1. The number of ether oxygens (including phenoxy) is 2. The van der Waals surface area contributed by atoms with Gasteiger partial charge in [-0.25, -0.2) is 16.8 Å². The number of sulfonamides is 2. The Labute approximate surface area is 193 Å². The second kappa shape index (κ2) is 9.05. The predicted molar refractivity (Wildman–Crippen MR) is 125 cm³/mol. The lowest BCUT2D eigenvalue weighted by Gasteiger charge is -2.28. The summed E-state index contributed by atoms with van der Waals surface area (Å²) in [5.41, 5.74) is 2.10. The first kappa shape index (κ1) is 23.1. The minimum atomic E-state index is -3.90. The van der Waals surface area contributed by atoms with Crippen LogP contribution in [0.5, 0.6) is 11.5 Å². The first-order valence-electron chi connectivity index (χ1n) is 10.2. The van der Waals surface area contributed by atoms with E-state index in [-0.39, 0.29) is 16.3 Å². The van der Waals surface area contributed by atoms with Gasteiger partial charge in [0.25, 0.3) is 10.0 Å². The van der Waals surface area contributed by atoms with Crippen molar-refractivity contribution in [3.8, 4) is 11.5 Å². The Hall–Kier alpha value is -3.08. The summed E-state index contributed by atoms with van der Waals surface area (Å²) >= 11 is 0. The molecule has 0 amide bonds. The molecule has 0 saturated carbocycles. The second-order valence-electron chi connectivity index (χ2n) is 7.51. The van der Waals surface area contributed by atoms with Crippen LogP contribution < -0.4 is 14.2 Å². The van der Waals surface area contributed by atoms with Crippen LogP contribution in [0.1, 0.15) is 11.1 Å². The summed E-state index contributed by atoms with van der Waals surface area (Å²) in [6.07, 6.45) is 0.546. The molecule has 174 valence electrons. The maximum Gasteiger partial charge on any atom is 0.262 e. The van der Waals surface area contributed by atoms with Crippen molar-refractivity contribution in [2.24, 2.45) is 0 Å². The minimum Gasteiger partial charge on any atom is -0.493 e. The lowest BCUT2D eigenvalue weighted by atomic mass is 10.0. The number of hydrogen-bond donors (Lipinski definition) is 1. The van der Waals surface area contributed by atoms with Crippen molar-refractivity contribution >= 4 is 25.7 Å². The van der Waals surface area contributed by atoms with E-state index in [1.165, 1.54) is 36.7 Å². The largest absolute Gasteiger partial charge is 0.493 e. The van der Waals surface area contributed by atoms with Crippen LogP contribution >= 0.6 is 0 Å². The third kappa shape index (κ3) is 4.68. The number of methoxy groups -OCH3 is 2. The molecule has 0 fully saturated rings. The molecule has 1 aliphatic heterocycles. The molecule has 3 aromatic rings. The Balaban J connectivity index is 1.58. The number of fused-ring (bicyclic) bond motifs is 1. The van der Waals surface area contributed by atoms with Crippen LogP contribution in [0.4, 0.5) is 5.69 Å². The molecule has 1 heterocycles. The molecule has 1 N–H and O–H groups in total. The average Bonchev–Trinajstić information content (AvgIpc) is 2.83. The predicted octanol–water partition coefficient (Wildman–Crippen LogP) is 3.25. The van der Waals surface area contributed by atoms with Crippen molar-refractivity contribution in [2.45, 2.75) is 22.8 Å². The molecule has 10 heteroatoms. The summed E-state index contributed by atoms with van der Waals surface area (Å²) in [7, 11) is -4.64. The molecule has 33 heavy (non-hydrogen) atoms. The molecular formula is C23H24N2O6S2. The van der Waals surface area contributed by atoms with Gasteiger partial charge in [-0.05, 0) is 53.9 Å². The van der Waals surface area contributed by atoms with Crippen LogP contribution in [0.2, 0.25) is 0 Å². The van der Waals surface area contributed by atoms with Crippen LogP contribution in [0, 0.1) is 0 Å². The van der Waals surface area contributed by atoms with Gasteiger partial charge in [0.2, 0.25) is 10.0 Å². The average molecular weight is 489 g/mol. The van der Waals surface area contributed by atoms with Gasteiger partial charge in [0.1, 0.15) is 0 Å². The smallest absolute Gasteiger partial charge is 0.262 e. The summed E-state index contributed by atoms with van der Waals surface area (Å²) < 4.78 is 66.2. The van der Waals surface area contributed by atoms with Crippen LogP contribution in [0.3, 0.4) is 0 Å². The summed E-state index contributed by atoms with van der Waals surface area (Å²) in [5.74, 6) is 0.720. The first-order valence-corrected chi connectivity index (χ1v) is 13.1. The van der Waals surface area contributed by atoms with Crippen LogP contribution in [-0.2, 0) is 33.0 Å². The van der Waals surface area contributed by atoms with Gasteiger partial charge in [0.15, 0.2) is 11.5 Å².